The first kappa shape index (κ1) is 23.1. The number of imide groups is 1. The number of halogens is 1. The summed E-state index contributed by atoms with van der Waals surface area (Å²) < 4.78 is 10.7. The summed E-state index contributed by atoms with van der Waals surface area (Å²) in [7, 11) is 1.45. The molecule has 3 aromatic rings. The maximum absolute atomic E-state index is 13.0. The highest BCUT2D eigenvalue weighted by molar-refractivity contribution is 6.53. The second-order valence-corrected chi connectivity index (χ2v) is 7.77. The number of hydrogen-bond donors (Lipinski definition) is 1. The summed E-state index contributed by atoms with van der Waals surface area (Å²) in [5.41, 5.74) is 2.17. The predicted octanol–water partition coefficient (Wildman–Crippen LogP) is 4.91. The third-order valence-electron chi connectivity index (χ3n) is 5.29. The number of carbonyl (C=O) groups excluding carboxylic acids is 3. The number of amides is 2. The number of ether oxygens (including phenoxy) is 2. The van der Waals surface area contributed by atoms with Crippen molar-refractivity contribution in [3.05, 3.63) is 94.7 Å². The Morgan fingerprint density at radius 1 is 0.941 bits per heavy atom. The molecule has 0 radical (unpaired) electrons. The average molecular weight is 477 g/mol. The number of anilines is 2. The van der Waals surface area contributed by atoms with Crippen LogP contribution in [0, 0.1) is 0 Å². The Morgan fingerprint density at radius 3 is 2.26 bits per heavy atom. The molecular weight excluding hydrogens is 456 g/mol. The molecule has 3 aromatic carbocycles. The molecule has 2 amide bonds. The molecule has 0 spiro atoms. The molecule has 0 bridgehead atoms. The van der Waals surface area contributed by atoms with Crippen molar-refractivity contribution in [1.29, 1.82) is 0 Å². The van der Waals surface area contributed by atoms with Gasteiger partial charge >= 0.3 is 5.97 Å². The normalized spacial score (nSPS) is 13.3. The van der Waals surface area contributed by atoms with Crippen LogP contribution in [-0.2, 0) is 16.0 Å². The smallest absolute Gasteiger partial charge is 0.343 e. The summed E-state index contributed by atoms with van der Waals surface area (Å²) in [6, 6.07) is 20.3. The summed E-state index contributed by atoms with van der Waals surface area (Å²) in [6.45, 7) is 2.05. The molecule has 1 heterocycles. The molecule has 1 N–H and O–H groups in total. The molecule has 172 valence electrons. The van der Waals surface area contributed by atoms with Crippen LogP contribution in [0.3, 0.4) is 0 Å². The van der Waals surface area contributed by atoms with Gasteiger partial charge in [0, 0.05) is 5.69 Å². The van der Waals surface area contributed by atoms with Crippen LogP contribution in [-0.4, -0.2) is 24.9 Å². The lowest BCUT2D eigenvalue weighted by Crippen LogP contribution is -2.32. The standard InChI is InChI=1S/C26H21ClN2O5/c1-3-16-8-14-19(15-9-16)34-26(32)17-10-12-18(13-11-17)28-23-22(27)24(30)29(25(23)31)20-6-4-5-7-21(20)33-2/h4-15,28H,3H2,1-2H3. The summed E-state index contributed by atoms with van der Waals surface area (Å²) in [5, 5.41) is 2.64. The number of hydrogen-bond acceptors (Lipinski definition) is 6. The van der Waals surface area contributed by atoms with Crippen molar-refractivity contribution in [3.8, 4) is 11.5 Å². The van der Waals surface area contributed by atoms with Crippen molar-refractivity contribution in [2.45, 2.75) is 13.3 Å². The third kappa shape index (κ3) is 4.51. The Balaban J connectivity index is 1.47. The Bertz CT molecular complexity index is 1280. The van der Waals surface area contributed by atoms with Crippen LogP contribution in [0.2, 0.25) is 0 Å². The summed E-state index contributed by atoms with van der Waals surface area (Å²) in [5.74, 6) is -0.969. The molecule has 0 aromatic heterocycles. The lowest BCUT2D eigenvalue weighted by Gasteiger charge is -2.17. The van der Waals surface area contributed by atoms with Crippen molar-refractivity contribution >= 4 is 40.8 Å². The number of rotatable bonds is 7. The van der Waals surface area contributed by atoms with Crippen molar-refractivity contribution < 1.29 is 23.9 Å². The SMILES string of the molecule is CCc1ccc(OC(=O)c2ccc(NC3=C(Cl)C(=O)N(c4ccccc4OC)C3=O)cc2)cc1. The van der Waals surface area contributed by atoms with Crippen molar-refractivity contribution in [1.82, 2.24) is 0 Å². The van der Waals surface area contributed by atoms with Gasteiger partial charge in [-0.1, -0.05) is 42.8 Å². The molecule has 34 heavy (non-hydrogen) atoms. The van der Waals surface area contributed by atoms with Gasteiger partial charge in [0.25, 0.3) is 11.8 Å². The number of methoxy groups -OCH3 is 1. The molecular formula is C26H21ClN2O5. The largest absolute Gasteiger partial charge is 0.495 e. The van der Waals surface area contributed by atoms with Crippen LogP contribution >= 0.6 is 11.6 Å². The van der Waals surface area contributed by atoms with Crippen molar-refractivity contribution in [3.63, 3.8) is 0 Å². The number of nitrogens with zero attached hydrogens (tertiary/aromatic N) is 1. The molecule has 8 heteroatoms. The highest BCUT2D eigenvalue weighted by Gasteiger charge is 2.40. The van der Waals surface area contributed by atoms with E-state index in [-0.39, 0.29) is 10.7 Å². The van der Waals surface area contributed by atoms with Crippen LogP contribution in [0.25, 0.3) is 0 Å². The quantitative estimate of drug-likeness (QED) is 0.296. The molecule has 0 atom stereocenters. The van der Waals surface area contributed by atoms with Crippen LogP contribution in [0.1, 0.15) is 22.8 Å². The molecule has 0 unspecified atom stereocenters. The monoisotopic (exact) mass is 476 g/mol. The summed E-state index contributed by atoms with van der Waals surface area (Å²) >= 11 is 6.20. The van der Waals surface area contributed by atoms with Crippen LogP contribution in [0.4, 0.5) is 11.4 Å². The molecule has 1 aliphatic heterocycles. The van der Waals surface area contributed by atoms with E-state index in [2.05, 4.69) is 5.32 Å². The highest BCUT2D eigenvalue weighted by Crippen LogP contribution is 2.35. The van der Waals surface area contributed by atoms with E-state index in [9.17, 15) is 14.4 Å². The fourth-order valence-corrected chi connectivity index (χ4v) is 3.65. The number of nitrogens with one attached hydrogen (secondary N) is 1. The Morgan fingerprint density at radius 2 is 1.62 bits per heavy atom. The van der Waals surface area contributed by atoms with E-state index in [1.54, 1.807) is 60.7 Å². The van der Waals surface area contributed by atoms with E-state index in [1.165, 1.54) is 7.11 Å². The second kappa shape index (κ2) is 9.80. The first-order valence-corrected chi connectivity index (χ1v) is 10.9. The summed E-state index contributed by atoms with van der Waals surface area (Å²) in [4.78, 5) is 39.1. The predicted molar refractivity (Wildman–Crippen MR) is 129 cm³/mol. The summed E-state index contributed by atoms with van der Waals surface area (Å²) in [6.07, 6.45) is 0.897. The molecule has 0 saturated heterocycles. The number of esters is 1. The van der Waals surface area contributed by atoms with Crippen LogP contribution in [0.5, 0.6) is 11.5 Å². The number of benzene rings is 3. The van der Waals surface area contributed by atoms with Crippen LogP contribution < -0.4 is 19.7 Å². The Kier molecular flexibility index (Phi) is 6.65. The third-order valence-corrected chi connectivity index (χ3v) is 5.64. The lowest BCUT2D eigenvalue weighted by molar-refractivity contribution is -0.120. The Hall–Kier alpha value is -4.10. The van der Waals surface area contributed by atoms with Gasteiger partial charge in [-0.3, -0.25) is 9.59 Å². The van der Waals surface area contributed by atoms with Gasteiger partial charge in [-0.15, -0.1) is 0 Å². The van der Waals surface area contributed by atoms with Crippen molar-refractivity contribution in [2.75, 3.05) is 17.3 Å². The molecule has 1 aliphatic rings. The van der Waals surface area contributed by atoms with Gasteiger partial charge in [0.15, 0.2) is 0 Å². The number of para-hydroxylation sites is 2. The van der Waals surface area contributed by atoms with Gasteiger partial charge in [0.2, 0.25) is 0 Å². The van der Waals surface area contributed by atoms with E-state index >= 15 is 0 Å². The van der Waals surface area contributed by atoms with E-state index < -0.39 is 17.8 Å². The van der Waals surface area contributed by atoms with E-state index in [1.807, 2.05) is 19.1 Å². The minimum Gasteiger partial charge on any atom is -0.495 e. The molecule has 0 saturated carbocycles. The molecule has 0 aliphatic carbocycles. The van der Waals surface area contributed by atoms with Gasteiger partial charge in [-0.05, 0) is 60.5 Å². The van der Waals surface area contributed by atoms with E-state index in [4.69, 9.17) is 21.1 Å². The minimum absolute atomic E-state index is 0.0658. The first-order chi connectivity index (χ1) is 16.4. The van der Waals surface area contributed by atoms with Crippen LogP contribution in [0.15, 0.2) is 83.5 Å². The fraction of sp³-hybridized carbons (Fsp3) is 0.115. The van der Waals surface area contributed by atoms with Gasteiger partial charge in [-0.25, -0.2) is 9.69 Å². The molecule has 0 fully saturated rings. The zero-order valence-electron chi connectivity index (χ0n) is 18.5. The molecule has 4 rings (SSSR count). The maximum Gasteiger partial charge on any atom is 0.343 e. The fourth-order valence-electron chi connectivity index (χ4n) is 3.44. The highest BCUT2D eigenvalue weighted by atomic mass is 35.5. The molecule has 7 nitrogen and oxygen atoms in total. The van der Waals surface area contributed by atoms with Gasteiger partial charge in [-0.2, -0.15) is 0 Å². The van der Waals surface area contributed by atoms with Gasteiger partial charge < -0.3 is 14.8 Å². The second-order valence-electron chi connectivity index (χ2n) is 7.40. The zero-order valence-corrected chi connectivity index (χ0v) is 19.3. The Labute approximate surface area is 201 Å². The lowest BCUT2D eigenvalue weighted by atomic mass is 10.1. The minimum atomic E-state index is -0.659. The van der Waals surface area contributed by atoms with Gasteiger partial charge in [0.1, 0.15) is 22.2 Å². The maximum atomic E-state index is 13.0. The van der Waals surface area contributed by atoms with Crippen molar-refractivity contribution in [2.24, 2.45) is 0 Å². The zero-order chi connectivity index (χ0) is 24.2. The topological polar surface area (TPSA) is 84.9 Å². The number of aryl methyl sites for hydroxylation is 1. The first-order valence-electron chi connectivity index (χ1n) is 10.5. The van der Waals surface area contributed by atoms with Gasteiger partial charge in [0.05, 0.1) is 18.4 Å². The van der Waals surface area contributed by atoms with E-state index in [0.29, 0.717) is 28.4 Å². The number of carbonyl (C=O) groups is 3. The average Bonchev–Trinajstić information content (AvgIpc) is 3.07. The van der Waals surface area contributed by atoms with E-state index in [0.717, 1.165) is 16.9 Å².